The molecule has 0 spiro atoms. The summed E-state index contributed by atoms with van der Waals surface area (Å²) in [5.41, 5.74) is 3.70. The molecule has 0 saturated heterocycles. The highest BCUT2D eigenvalue weighted by Gasteiger charge is 2.46. The van der Waals surface area contributed by atoms with E-state index >= 15 is 0 Å². The van der Waals surface area contributed by atoms with Gasteiger partial charge in [-0.15, -0.1) is 0 Å². The third kappa shape index (κ3) is 4.45. The van der Waals surface area contributed by atoms with Crippen LogP contribution in [-0.2, 0) is 20.9 Å². The Bertz CT molecular complexity index is 1050. The third-order valence-corrected chi connectivity index (χ3v) is 6.21. The molecule has 1 heterocycles. The van der Waals surface area contributed by atoms with Crippen molar-refractivity contribution in [3.63, 3.8) is 0 Å². The molecule has 0 bridgehead atoms. The summed E-state index contributed by atoms with van der Waals surface area (Å²) in [6, 6.07) is 16.9. The number of hydrogen-bond acceptors (Lipinski definition) is 4. The van der Waals surface area contributed by atoms with Crippen LogP contribution in [0.2, 0.25) is 5.02 Å². The lowest BCUT2D eigenvalue weighted by atomic mass is 9.66. The maximum Gasteiger partial charge on any atom is 0.316 e. The molecule has 31 heavy (non-hydrogen) atoms. The van der Waals surface area contributed by atoms with E-state index in [9.17, 15) is 9.59 Å². The SMILES string of the molecule is C=C1NC2=C(C(=O)CC(C)(C)C2)C(c2ccc(Cl)cc2)C1C(=O)OCc1ccccc1. The second kappa shape index (κ2) is 8.35. The van der Waals surface area contributed by atoms with Crippen molar-refractivity contribution >= 4 is 23.4 Å². The van der Waals surface area contributed by atoms with Crippen molar-refractivity contribution in [3.05, 3.63) is 94.3 Å². The molecule has 2 atom stereocenters. The molecule has 2 aromatic rings. The van der Waals surface area contributed by atoms with Crippen LogP contribution >= 0.6 is 11.6 Å². The molecule has 0 saturated carbocycles. The minimum Gasteiger partial charge on any atom is -0.460 e. The van der Waals surface area contributed by atoms with Gasteiger partial charge in [0.2, 0.25) is 0 Å². The number of nitrogens with one attached hydrogen (secondary N) is 1. The summed E-state index contributed by atoms with van der Waals surface area (Å²) >= 11 is 6.10. The van der Waals surface area contributed by atoms with Crippen LogP contribution < -0.4 is 5.32 Å². The molecule has 2 unspecified atom stereocenters. The zero-order valence-corrected chi connectivity index (χ0v) is 18.5. The molecule has 1 N–H and O–H groups in total. The van der Waals surface area contributed by atoms with Crippen LogP contribution in [0.25, 0.3) is 0 Å². The molecule has 0 aromatic heterocycles. The Kier molecular flexibility index (Phi) is 5.76. The predicted molar refractivity (Wildman–Crippen MR) is 121 cm³/mol. The first-order valence-corrected chi connectivity index (χ1v) is 10.8. The lowest BCUT2D eigenvalue weighted by Crippen LogP contribution is -2.43. The molecule has 2 aliphatic rings. The predicted octanol–water partition coefficient (Wildman–Crippen LogP) is 5.54. The third-order valence-electron chi connectivity index (χ3n) is 5.96. The summed E-state index contributed by atoms with van der Waals surface area (Å²) in [7, 11) is 0. The molecule has 4 nitrogen and oxygen atoms in total. The summed E-state index contributed by atoms with van der Waals surface area (Å²) < 4.78 is 5.67. The highest BCUT2D eigenvalue weighted by atomic mass is 35.5. The van der Waals surface area contributed by atoms with E-state index in [1.165, 1.54) is 0 Å². The van der Waals surface area contributed by atoms with Gasteiger partial charge in [0.05, 0.1) is 0 Å². The van der Waals surface area contributed by atoms with E-state index in [1.807, 2.05) is 42.5 Å². The number of carbonyl (C=O) groups is 2. The van der Waals surface area contributed by atoms with Crippen molar-refractivity contribution in [2.75, 3.05) is 0 Å². The van der Waals surface area contributed by atoms with Gasteiger partial charge in [-0.1, -0.05) is 74.5 Å². The van der Waals surface area contributed by atoms with Crippen LogP contribution in [0, 0.1) is 11.3 Å². The highest BCUT2D eigenvalue weighted by molar-refractivity contribution is 6.30. The van der Waals surface area contributed by atoms with Gasteiger partial charge in [-0.25, -0.2) is 0 Å². The van der Waals surface area contributed by atoms with E-state index in [-0.39, 0.29) is 17.8 Å². The molecule has 0 radical (unpaired) electrons. The quantitative estimate of drug-likeness (QED) is 0.640. The van der Waals surface area contributed by atoms with Crippen LogP contribution in [-0.4, -0.2) is 11.8 Å². The van der Waals surface area contributed by atoms with E-state index < -0.39 is 17.8 Å². The van der Waals surface area contributed by atoms with E-state index in [0.29, 0.717) is 22.7 Å². The maximum atomic E-state index is 13.3. The number of esters is 1. The van der Waals surface area contributed by atoms with Crippen LogP contribution in [0.15, 0.2) is 78.1 Å². The zero-order chi connectivity index (χ0) is 22.2. The van der Waals surface area contributed by atoms with Crippen LogP contribution in [0.1, 0.15) is 43.7 Å². The van der Waals surface area contributed by atoms with Crippen LogP contribution in [0.5, 0.6) is 0 Å². The van der Waals surface area contributed by atoms with Gasteiger partial charge in [0.1, 0.15) is 12.5 Å². The number of benzene rings is 2. The Balaban J connectivity index is 1.72. The maximum absolute atomic E-state index is 13.3. The second-order valence-corrected chi connectivity index (χ2v) is 9.52. The van der Waals surface area contributed by atoms with Crippen molar-refractivity contribution in [2.24, 2.45) is 11.3 Å². The van der Waals surface area contributed by atoms with E-state index in [0.717, 1.165) is 23.2 Å². The molecule has 160 valence electrons. The first-order chi connectivity index (χ1) is 14.7. The number of Topliss-reactive ketones (excluding diaryl/α,β-unsaturated/α-hetero) is 1. The molecule has 2 aromatic carbocycles. The van der Waals surface area contributed by atoms with Crippen molar-refractivity contribution < 1.29 is 14.3 Å². The zero-order valence-electron chi connectivity index (χ0n) is 17.8. The number of ether oxygens (including phenoxy) is 1. The Morgan fingerprint density at radius 2 is 1.81 bits per heavy atom. The normalized spacial score (nSPS) is 22.5. The first-order valence-electron chi connectivity index (χ1n) is 10.4. The summed E-state index contributed by atoms with van der Waals surface area (Å²) in [4.78, 5) is 26.5. The molecule has 0 amide bonds. The van der Waals surface area contributed by atoms with Crippen molar-refractivity contribution in [3.8, 4) is 0 Å². The van der Waals surface area contributed by atoms with Gasteiger partial charge in [0, 0.05) is 34.3 Å². The molecule has 0 fully saturated rings. The average molecular weight is 436 g/mol. The monoisotopic (exact) mass is 435 g/mol. The fourth-order valence-corrected chi connectivity index (χ4v) is 4.70. The molecule has 1 aliphatic carbocycles. The number of rotatable bonds is 4. The van der Waals surface area contributed by atoms with Gasteiger partial charge < -0.3 is 10.1 Å². The Hall–Kier alpha value is -2.85. The van der Waals surface area contributed by atoms with Gasteiger partial charge in [-0.3, -0.25) is 9.59 Å². The fourth-order valence-electron chi connectivity index (χ4n) is 4.57. The number of carbonyl (C=O) groups excluding carboxylic acids is 2. The molecule has 1 aliphatic heterocycles. The lowest BCUT2D eigenvalue weighted by molar-refractivity contribution is -0.149. The van der Waals surface area contributed by atoms with Crippen molar-refractivity contribution in [1.29, 1.82) is 0 Å². The van der Waals surface area contributed by atoms with Gasteiger partial charge in [0.15, 0.2) is 5.78 Å². The Morgan fingerprint density at radius 3 is 2.48 bits per heavy atom. The van der Waals surface area contributed by atoms with Crippen molar-refractivity contribution in [2.45, 2.75) is 39.2 Å². The van der Waals surface area contributed by atoms with E-state index in [1.54, 1.807) is 12.1 Å². The topological polar surface area (TPSA) is 55.4 Å². The van der Waals surface area contributed by atoms with E-state index in [4.69, 9.17) is 16.3 Å². The van der Waals surface area contributed by atoms with E-state index in [2.05, 4.69) is 25.7 Å². The van der Waals surface area contributed by atoms with Gasteiger partial charge in [-0.2, -0.15) is 0 Å². The average Bonchev–Trinajstić information content (AvgIpc) is 2.71. The number of ketones is 1. The number of hydrogen-bond donors (Lipinski definition) is 1. The Labute approximate surface area is 187 Å². The summed E-state index contributed by atoms with van der Waals surface area (Å²) in [6.07, 6.45) is 1.17. The molecular formula is C26H26ClNO3. The minimum absolute atomic E-state index is 0.0621. The number of halogens is 1. The lowest BCUT2D eigenvalue weighted by Gasteiger charge is -2.42. The van der Waals surface area contributed by atoms with Crippen LogP contribution in [0.3, 0.4) is 0 Å². The Morgan fingerprint density at radius 1 is 1.13 bits per heavy atom. The molecule has 5 heteroatoms. The second-order valence-electron chi connectivity index (χ2n) is 9.08. The summed E-state index contributed by atoms with van der Waals surface area (Å²) in [5.74, 6) is -1.49. The highest BCUT2D eigenvalue weighted by Crippen LogP contribution is 2.48. The van der Waals surface area contributed by atoms with Gasteiger partial charge >= 0.3 is 5.97 Å². The largest absolute Gasteiger partial charge is 0.460 e. The van der Waals surface area contributed by atoms with Gasteiger partial charge in [0.25, 0.3) is 0 Å². The smallest absolute Gasteiger partial charge is 0.316 e. The molecule has 4 rings (SSSR count). The summed E-state index contributed by atoms with van der Waals surface area (Å²) in [5, 5.41) is 3.88. The molecular weight excluding hydrogens is 410 g/mol. The fraction of sp³-hybridized carbons (Fsp3) is 0.308. The first kappa shape index (κ1) is 21.4. The minimum atomic E-state index is -0.700. The van der Waals surface area contributed by atoms with Crippen LogP contribution in [0.4, 0.5) is 0 Å². The number of allylic oxidation sites excluding steroid dienone is 2. The van der Waals surface area contributed by atoms with Crippen molar-refractivity contribution in [1.82, 2.24) is 5.32 Å². The standard InChI is InChI=1S/C26H26ClNO3/c1-16-22(25(30)31-15-17-7-5-4-6-8-17)23(18-9-11-19(27)12-10-18)24-20(28-16)13-26(2,3)14-21(24)29/h4-12,22-23,28H,1,13-15H2,2-3H3. The summed E-state index contributed by atoms with van der Waals surface area (Å²) in [6.45, 7) is 8.48. The van der Waals surface area contributed by atoms with Gasteiger partial charge in [-0.05, 0) is 35.1 Å².